The molecule has 6 aromatic rings. The molecule has 6 aromatic carbocycles. The number of benzene rings is 6. The van der Waals surface area contributed by atoms with Gasteiger partial charge in [-0.25, -0.2) is 0 Å². The summed E-state index contributed by atoms with van der Waals surface area (Å²) in [6, 6.07) is 56.4. The van der Waals surface area contributed by atoms with Gasteiger partial charge >= 0.3 is 314 Å². The molecule has 0 spiro atoms. The molecule has 10 rings (SSSR count). The average molecular weight is 1510 g/mol. The Balaban J connectivity index is 1.07. The van der Waals surface area contributed by atoms with Crippen LogP contribution in [0.3, 0.4) is 0 Å². The number of ether oxygens (including phenoxy) is 11. The summed E-state index contributed by atoms with van der Waals surface area (Å²) in [6.45, 7) is 26.0. The van der Waals surface area contributed by atoms with Crippen molar-refractivity contribution < 1.29 is 80.0 Å². The topological polar surface area (TPSA) is 286 Å². The van der Waals surface area contributed by atoms with Crippen molar-refractivity contribution in [2.45, 2.75) is 204 Å². The number of esters is 3. The number of rotatable bonds is 30. The van der Waals surface area contributed by atoms with Gasteiger partial charge in [0.15, 0.2) is 6.29 Å². The van der Waals surface area contributed by atoms with Crippen molar-refractivity contribution >= 4 is 77.7 Å². The predicted molar refractivity (Wildman–Crippen MR) is 413 cm³/mol. The van der Waals surface area contributed by atoms with Crippen molar-refractivity contribution in [3.05, 3.63) is 214 Å². The molecule has 0 aromatic heterocycles. The van der Waals surface area contributed by atoms with Crippen molar-refractivity contribution in [1.82, 2.24) is 0 Å². The second-order valence-corrected chi connectivity index (χ2v) is 40.1. The van der Waals surface area contributed by atoms with Crippen LogP contribution in [0.2, 0.25) is 10.1 Å². The second kappa shape index (κ2) is 37.4. The third-order valence-corrected chi connectivity index (χ3v) is 32.8. The van der Waals surface area contributed by atoms with Crippen molar-refractivity contribution in [1.29, 1.82) is 0 Å². The molecule has 107 heavy (non-hydrogen) atoms. The van der Waals surface area contributed by atoms with E-state index in [9.17, 15) is 30.2 Å². The van der Waals surface area contributed by atoms with Gasteiger partial charge in [-0.3, -0.25) is 4.79 Å². The zero-order valence-corrected chi connectivity index (χ0v) is 66.2. The monoisotopic (exact) mass is 1510 g/mol. The van der Waals surface area contributed by atoms with Crippen molar-refractivity contribution in [3.63, 3.8) is 0 Å². The maximum atomic E-state index is 14.9. The van der Waals surface area contributed by atoms with E-state index in [0.717, 1.165) is 33.4 Å². The molecule has 567 valence electrons. The van der Waals surface area contributed by atoms with Crippen LogP contribution in [0.15, 0.2) is 192 Å². The van der Waals surface area contributed by atoms with E-state index in [2.05, 4.69) is 110 Å². The van der Waals surface area contributed by atoms with Gasteiger partial charge in [-0.05, 0) is 51.5 Å². The molecule has 0 saturated carbocycles. The summed E-state index contributed by atoms with van der Waals surface area (Å²) >= 11 is 0. The third kappa shape index (κ3) is 19.1. The van der Waals surface area contributed by atoms with Crippen LogP contribution in [0.5, 0.6) is 0 Å². The van der Waals surface area contributed by atoms with Crippen LogP contribution >= 0.6 is 8.46 Å². The van der Waals surface area contributed by atoms with Crippen LogP contribution in [-0.2, 0) is 81.9 Å². The first kappa shape index (κ1) is 82.2. The van der Waals surface area contributed by atoms with Crippen LogP contribution in [0.4, 0.5) is 0 Å². The van der Waals surface area contributed by atoms with E-state index in [1.165, 1.54) is 20.7 Å². The Hall–Kier alpha value is -7.26. The van der Waals surface area contributed by atoms with E-state index in [4.69, 9.17) is 61.0 Å². The van der Waals surface area contributed by atoms with Crippen LogP contribution in [0, 0.1) is 23.7 Å². The van der Waals surface area contributed by atoms with Gasteiger partial charge in [0, 0.05) is 17.8 Å². The van der Waals surface area contributed by atoms with Crippen LogP contribution in [0.25, 0.3) is 20.9 Å². The van der Waals surface area contributed by atoms with E-state index in [0.29, 0.717) is 0 Å². The summed E-state index contributed by atoms with van der Waals surface area (Å²) in [7, 11) is -6.11. The number of carbonyl (C=O) groups excluding carboxylic acids is 3. The van der Waals surface area contributed by atoms with Gasteiger partial charge in [0.1, 0.15) is 24.9 Å². The molecule has 4 fully saturated rings. The molecule has 23 nitrogen and oxygen atoms in total. The summed E-state index contributed by atoms with van der Waals surface area (Å²) in [5.41, 5.74) is 21.8. The van der Waals surface area contributed by atoms with E-state index in [1.54, 1.807) is 37.3 Å². The van der Waals surface area contributed by atoms with Crippen LogP contribution in [0.1, 0.15) is 106 Å². The molecular formula is C79H100B2N6O17PSi2. The van der Waals surface area contributed by atoms with Gasteiger partial charge in [-0.2, -0.15) is 0 Å². The van der Waals surface area contributed by atoms with Crippen LogP contribution in [-0.4, -0.2) is 173 Å². The van der Waals surface area contributed by atoms with Gasteiger partial charge in [-0.1, -0.05) is 149 Å². The SMILES string of the molecule is CC(=O)OCC1O[C@@H](O[C@@H]2C(CO[Si](c3ccccc3)(c3ccccc3)C(C)(C)C)O[C@H](O[C@@H]3C(COC(C)=O)O[C@@H](C)C(C)[C@@H]3OCc3ccccc3)C(N=[N+]=[N-])[C@H]2C)C(OC(=O)c2ccccc2)[C@@H](C)[C@@H]1O[C@H]1OC(CO[Si](c2ccccc2)(c2ccccc2)C(C)(C)C)[C@@H](C)[C@H](P[B]B=O)C1N=[N+]=[N-]. The molecule has 28 heteroatoms. The van der Waals surface area contributed by atoms with Crippen molar-refractivity contribution in [2.24, 2.45) is 33.9 Å². The summed E-state index contributed by atoms with van der Waals surface area (Å²) < 4.78 is 103. The standard InChI is InChI=1S/C79H100B2N6O17PSi2/c1-49-53(5)97-64(46-93-55(7)89)72(70(49)94-44-56-32-20-14-21-33-56)104-75-66(84-86-82)51(3)68(65(99-75)48-96-107(79(11,12)13,60-40-28-18-29-41-60)61-42-30-19-31-43-61)103-77-71(101-74(90)57-34-22-15-23-35-57)52(4)69(63(100-77)45-92-54(6)88)102-76-67(85-87-83)73(105-81-80-91)50(2)62(98-76)47-95-106(78(8,9)10,58-36-24-16-25-37-58)59-38-26-17-27-39-59/h14-43,49-53,62-73,75-77,105H,44-48H2,1-13H3/t49?,50-,51-,52+,53+,62?,63?,64?,65?,66?,67?,68+,69+,70+,71?,72-,73+,75-,76-,77+/m1/s1. The second-order valence-electron chi connectivity index (χ2n) is 30.2. The predicted octanol–water partition coefficient (Wildman–Crippen LogP) is 11.7. The molecular weight excluding hydrogens is 1410 g/mol. The zero-order chi connectivity index (χ0) is 76.6. The Morgan fingerprint density at radius 2 is 0.879 bits per heavy atom. The molecule has 0 aliphatic carbocycles. The Morgan fingerprint density at radius 1 is 0.477 bits per heavy atom. The zero-order valence-electron chi connectivity index (χ0n) is 63.2. The van der Waals surface area contributed by atoms with Crippen LogP contribution < -0.4 is 20.7 Å². The summed E-state index contributed by atoms with van der Waals surface area (Å²) in [6.07, 6.45) is -14.2. The fourth-order valence-corrected chi connectivity index (χ4v) is 26.0. The average Bonchev–Trinajstić information content (AvgIpc) is 0.747. The molecule has 4 aliphatic heterocycles. The first-order valence-electron chi connectivity index (χ1n) is 36.7. The quantitative estimate of drug-likeness (QED) is 0.00770. The van der Waals surface area contributed by atoms with Gasteiger partial charge < -0.3 is 28.1 Å². The normalized spacial score (nSPS) is 29.1. The first-order chi connectivity index (χ1) is 51.3. The Kier molecular flexibility index (Phi) is 28.8. The van der Waals surface area contributed by atoms with Gasteiger partial charge in [0.2, 0.25) is 0 Å². The molecule has 21 atom stereocenters. The fraction of sp³-hybridized carbons (Fsp3) is 0.506. The van der Waals surface area contributed by atoms with Crippen molar-refractivity contribution in [3.8, 4) is 0 Å². The number of hydrogen-bond donors (Lipinski definition) is 0. The van der Waals surface area contributed by atoms with E-state index < -0.39 is 161 Å². The van der Waals surface area contributed by atoms with Crippen molar-refractivity contribution in [2.75, 3.05) is 26.4 Å². The summed E-state index contributed by atoms with van der Waals surface area (Å²) in [4.78, 5) is 47.5. The molecule has 0 amide bonds. The van der Waals surface area contributed by atoms with Gasteiger partial charge in [-0.15, -0.1) is 0 Å². The molecule has 4 saturated heterocycles. The Labute approximate surface area is 633 Å². The molecule has 1 radical (unpaired) electrons. The van der Waals surface area contributed by atoms with Gasteiger partial charge in [0.25, 0.3) is 8.32 Å². The van der Waals surface area contributed by atoms with E-state index in [-0.39, 0.29) is 52.3 Å². The molecule has 0 bridgehead atoms. The summed E-state index contributed by atoms with van der Waals surface area (Å²) in [5.74, 6) is -4.45. The Bertz CT molecular complexity index is 3880. The van der Waals surface area contributed by atoms with E-state index in [1.807, 2.05) is 131 Å². The number of carbonyl (C=O) groups is 3. The number of hydrogen-bond acceptors (Lipinski definition) is 19. The number of azide groups is 2. The number of nitrogens with zero attached hydrogens (tertiary/aromatic N) is 6. The molecule has 9 unspecified atom stereocenters. The van der Waals surface area contributed by atoms with Gasteiger partial charge in [0.05, 0.1) is 31.5 Å². The minimum atomic E-state index is -3.45. The van der Waals surface area contributed by atoms with E-state index >= 15 is 0 Å². The maximum absolute atomic E-state index is 14.9. The fourth-order valence-electron chi connectivity index (χ4n) is 15.6. The minimum absolute atomic E-state index is 0.0513. The molecule has 4 heterocycles. The third-order valence-electron chi connectivity index (χ3n) is 21.2. The molecule has 0 N–H and O–H groups in total. The summed E-state index contributed by atoms with van der Waals surface area (Å²) in [5, 5.41) is 11.9. The Morgan fingerprint density at radius 3 is 1.36 bits per heavy atom. The first-order valence-corrected chi connectivity index (χ1v) is 41.7. The molecule has 4 aliphatic rings.